The molecule has 0 unspecified atom stereocenters. The summed E-state index contributed by atoms with van der Waals surface area (Å²) in [6, 6.07) is 6.19. The van der Waals surface area contributed by atoms with Crippen molar-refractivity contribution in [1.82, 2.24) is 9.97 Å². The van der Waals surface area contributed by atoms with Crippen molar-refractivity contribution in [3.05, 3.63) is 67.0 Å². The van der Waals surface area contributed by atoms with Crippen molar-refractivity contribution in [3.63, 3.8) is 0 Å². The van der Waals surface area contributed by atoms with Gasteiger partial charge in [-0.05, 0) is 40.2 Å². The number of hydrogen-bond donors (Lipinski definition) is 2. The summed E-state index contributed by atoms with van der Waals surface area (Å²) >= 11 is 3.14. The molecule has 0 fully saturated rings. The number of hydrogen-bond acceptors (Lipinski definition) is 4. The number of carbonyl (C=O) groups is 1. The van der Waals surface area contributed by atoms with E-state index in [2.05, 4.69) is 25.9 Å². The van der Waals surface area contributed by atoms with Crippen LogP contribution in [0.4, 0.5) is 0 Å². The molecule has 0 amide bonds. The predicted molar refractivity (Wildman–Crippen MR) is 75.0 cm³/mol. The van der Waals surface area contributed by atoms with E-state index in [0.717, 1.165) is 0 Å². The molecule has 0 spiro atoms. The molecule has 3 rings (SSSR count). The molecular weight excluding hydrogens is 328 g/mol. The van der Waals surface area contributed by atoms with Gasteiger partial charge in [0.2, 0.25) is 0 Å². The van der Waals surface area contributed by atoms with Gasteiger partial charge >= 0.3 is 11.1 Å². The van der Waals surface area contributed by atoms with Gasteiger partial charge in [0.15, 0.2) is 10.5 Å². The van der Waals surface area contributed by atoms with Crippen molar-refractivity contribution in [3.8, 4) is 0 Å². The number of nitrogens with one attached hydrogen (secondary N) is 2. The number of carbonyl (C=O) groups excluding carboxylic acids is 1. The second-order valence-corrected chi connectivity index (χ2v) is 4.83. The van der Waals surface area contributed by atoms with Crippen LogP contribution in [-0.4, -0.2) is 15.8 Å². The molecule has 100 valence electrons. The molecule has 1 aromatic carbocycles. The monoisotopic (exact) mass is 334 g/mol. The van der Waals surface area contributed by atoms with E-state index >= 15 is 0 Å². The van der Waals surface area contributed by atoms with Gasteiger partial charge in [0.05, 0.1) is 22.9 Å². The second kappa shape index (κ2) is 4.61. The zero-order chi connectivity index (χ0) is 14.3. The highest BCUT2D eigenvalue weighted by Crippen LogP contribution is 2.22. The largest absolute Gasteiger partial charge is 0.457 e. The average Bonchev–Trinajstić information content (AvgIpc) is 2.85. The highest BCUT2D eigenvalue weighted by atomic mass is 79.9. The number of furan rings is 1. The predicted octanol–water partition coefficient (Wildman–Crippen LogP) is 1.80. The summed E-state index contributed by atoms with van der Waals surface area (Å²) in [5.41, 5.74) is 0.122. The Balaban J connectivity index is 2.16. The van der Waals surface area contributed by atoms with Crippen LogP contribution in [0.5, 0.6) is 0 Å². The summed E-state index contributed by atoms with van der Waals surface area (Å²) in [7, 11) is 0. The summed E-state index contributed by atoms with van der Waals surface area (Å²) in [5.74, 6) is -0.250. The fraction of sp³-hybridized carbons (Fsp3) is 0. The Labute approximate surface area is 119 Å². The normalized spacial score (nSPS) is 10.8. The number of H-pyrrole nitrogens is 2. The van der Waals surface area contributed by atoms with E-state index in [1.165, 1.54) is 12.3 Å². The number of rotatable bonds is 2. The summed E-state index contributed by atoms with van der Waals surface area (Å²) in [4.78, 5) is 39.6. The molecule has 0 aliphatic rings. The van der Waals surface area contributed by atoms with E-state index in [1.807, 2.05) is 0 Å². The molecule has 7 heteroatoms. The first-order chi connectivity index (χ1) is 9.56. The first-order valence-electron chi connectivity index (χ1n) is 5.60. The third-order valence-corrected chi connectivity index (χ3v) is 3.46. The van der Waals surface area contributed by atoms with Gasteiger partial charge in [-0.2, -0.15) is 0 Å². The smallest absolute Gasteiger partial charge is 0.314 e. The average molecular weight is 335 g/mol. The molecular formula is C13H7BrN2O4. The number of fused-ring (bicyclic) bond motifs is 1. The lowest BCUT2D eigenvalue weighted by Gasteiger charge is -2.02. The molecule has 0 radical (unpaired) electrons. The quantitative estimate of drug-likeness (QED) is 0.551. The molecule has 20 heavy (non-hydrogen) atoms. The van der Waals surface area contributed by atoms with Crippen LogP contribution in [0.15, 0.2) is 49.2 Å². The Bertz CT molecular complexity index is 935. The van der Waals surface area contributed by atoms with Gasteiger partial charge in [0, 0.05) is 5.56 Å². The highest BCUT2D eigenvalue weighted by molar-refractivity contribution is 9.10. The van der Waals surface area contributed by atoms with E-state index in [9.17, 15) is 14.4 Å². The van der Waals surface area contributed by atoms with Gasteiger partial charge < -0.3 is 14.4 Å². The van der Waals surface area contributed by atoms with E-state index in [-0.39, 0.29) is 5.78 Å². The van der Waals surface area contributed by atoms with Crippen LogP contribution in [0.1, 0.15) is 15.9 Å². The molecule has 0 aliphatic carbocycles. The Morgan fingerprint density at radius 2 is 1.75 bits per heavy atom. The summed E-state index contributed by atoms with van der Waals surface area (Å²) in [6.45, 7) is 0. The van der Waals surface area contributed by atoms with Crippen LogP contribution in [0, 0.1) is 0 Å². The summed E-state index contributed by atoms with van der Waals surface area (Å²) < 4.78 is 5.36. The third-order valence-electron chi connectivity index (χ3n) is 2.85. The Morgan fingerprint density at radius 3 is 2.40 bits per heavy atom. The van der Waals surface area contributed by atoms with Gasteiger partial charge in [-0.25, -0.2) is 0 Å². The van der Waals surface area contributed by atoms with Crippen molar-refractivity contribution >= 4 is 32.7 Å². The lowest BCUT2D eigenvalue weighted by Crippen LogP contribution is -2.28. The summed E-state index contributed by atoms with van der Waals surface area (Å²) in [6.07, 6.45) is 1.40. The molecule has 3 aromatic rings. The molecule has 0 atom stereocenters. The van der Waals surface area contributed by atoms with Gasteiger partial charge in [-0.3, -0.25) is 14.4 Å². The lowest BCUT2D eigenvalue weighted by atomic mass is 10.1. The highest BCUT2D eigenvalue weighted by Gasteiger charge is 2.15. The van der Waals surface area contributed by atoms with Crippen molar-refractivity contribution in [1.29, 1.82) is 0 Å². The fourth-order valence-electron chi connectivity index (χ4n) is 1.87. The van der Waals surface area contributed by atoms with Crippen LogP contribution in [0.2, 0.25) is 0 Å². The Kier molecular flexibility index (Phi) is 2.90. The molecule has 2 aromatic heterocycles. The van der Waals surface area contributed by atoms with Crippen molar-refractivity contribution in [2.75, 3.05) is 0 Å². The van der Waals surface area contributed by atoms with Crippen molar-refractivity contribution < 1.29 is 9.21 Å². The zero-order valence-corrected chi connectivity index (χ0v) is 11.5. The molecule has 2 heterocycles. The van der Waals surface area contributed by atoms with Crippen LogP contribution in [0.25, 0.3) is 11.0 Å². The Morgan fingerprint density at radius 1 is 1.05 bits per heavy atom. The molecule has 0 saturated heterocycles. The van der Waals surface area contributed by atoms with Gasteiger partial charge in [0.25, 0.3) is 0 Å². The molecule has 0 aliphatic heterocycles. The lowest BCUT2D eigenvalue weighted by molar-refractivity contribution is 0.103. The van der Waals surface area contributed by atoms with Crippen LogP contribution >= 0.6 is 15.9 Å². The maximum absolute atomic E-state index is 12.3. The molecule has 0 bridgehead atoms. The van der Waals surface area contributed by atoms with Crippen LogP contribution < -0.4 is 11.1 Å². The minimum absolute atomic E-state index is 0.250. The van der Waals surface area contributed by atoms with Crippen molar-refractivity contribution in [2.45, 2.75) is 0 Å². The van der Waals surface area contributed by atoms with Gasteiger partial charge in [0.1, 0.15) is 0 Å². The minimum Gasteiger partial charge on any atom is -0.457 e. The molecule has 2 N–H and O–H groups in total. The van der Waals surface area contributed by atoms with Gasteiger partial charge in [-0.1, -0.05) is 0 Å². The number of aromatic nitrogens is 2. The van der Waals surface area contributed by atoms with Gasteiger partial charge in [-0.15, -0.1) is 0 Å². The second-order valence-electron chi connectivity index (χ2n) is 4.11. The fourth-order valence-corrected chi connectivity index (χ4v) is 2.29. The van der Waals surface area contributed by atoms with E-state index in [4.69, 9.17) is 4.42 Å². The number of ketones is 1. The third kappa shape index (κ3) is 2.01. The van der Waals surface area contributed by atoms with Crippen LogP contribution in [0.3, 0.4) is 0 Å². The van der Waals surface area contributed by atoms with E-state index < -0.39 is 11.1 Å². The first-order valence-corrected chi connectivity index (χ1v) is 6.39. The molecule has 0 saturated carbocycles. The van der Waals surface area contributed by atoms with E-state index in [0.29, 0.717) is 26.8 Å². The number of benzene rings is 1. The van der Waals surface area contributed by atoms with Crippen molar-refractivity contribution in [2.24, 2.45) is 0 Å². The standard InChI is InChI=1S/C13H7BrN2O4/c14-11-7(3-4-20-11)10(17)6-1-2-8-9(5-6)16-13(19)12(18)15-8/h1-5H,(H,15,18)(H,16,19). The maximum Gasteiger partial charge on any atom is 0.314 e. The summed E-state index contributed by atoms with van der Waals surface area (Å²) in [5, 5.41) is 0. The van der Waals surface area contributed by atoms with Crippen LogP contribution in [-0.2, 0) is 0 Å². The molecule has 6 nitrogen and oxygen atoms in total. The Hall–Kier alpha value is -2.41. The topological polar surface area (TPSA) is 95.9 Å². The zero-order valence-electron chi connectivity index (χ0n) is 9.90. The first kappa shape index (κ1) is 12.6. The SMILES string of the molecule is O=C(c1ccc2[nH]c(=O)c(=O)[nH]c2c1)c1ccoc1Br. The van der Waals surface area contributed by atoms with E-state index in [1.54, 1.807) is 18.2 Å². The maximum atomic E-state index is 12.3. The minimum atomic E-state index is -0.758. The number of aromatic amines is 2. The number of halogens is 1.